The van der Waals surface area contributed by atoms with Crippen LogP contribution in [0.2, 0.25) is 0 Å². The number of methoxy groups -OCH3 is 2. The molecule has 0 fully saturated rings. The van der Waals surface area contributed by atoms with Crippen molar-refractivity contribution in [3.63, 3.8) is 0 Å². The zero-order valence-electron chi connectivity index (χ0n) is 12.9. The minimum atomic E-state index is -1.35. The fourth-order valence-corrected chi connectivity index (χ4v) is 2.61. The standard InChI is InChI=1S/C15H17NO6S/c1-9(17)23-12(15(20)22-3)11(14(19)21-2)16-13(18)10-7-5-4-6-8-10/h4-8,11-12H,1-3H3,(H,16,18)/t11-,12+/m0/s1. The van der Waals surface area contributed by atoms with Gasteiger partial charge in [-0.25, -0.2) is 4.79 Å². The lowest BCUT2D eigenvalue weighted by molar-refractivity contribution is -0.148. The highest BCUT2D eigenvalue weighted by Gasteiger charge is 2.38. The van der Waals surface area contributed by atoms with Crippen molar-refractivity contribution in [2.24, 2.45) is 0 Å². The molecule has 0 aromatic heterocycles. The molecule has 23 heavy (non-hydrogen) atoms. The van der Waals surface area contributed by atoms with Crippen molar-refractivity contribution in [1.82, 2.24) is 5.32 Å². The molecule has 0 spiro atoms. The Balaban J connectivity index is 3.06. The van der Waals surface area contributed by atoms with Gasteiger partial charge < -0.3 is 14.8 Å². The predicted octanol–water partition coefficient (Wildman–Crippen LogP) is 0.779. The van der Waals surface area contributed by atoms with Gasteiger partial charge in [0.1, 0.15) is 5.25 Å². The van der Waals surface area contributed by atoms with Gasteiger partial charge in [-0.1, -0.05) is 30.0 Å². The number of carbonyl (C=O) groups is 4. The lowest BCUT2D eigenvalue weighted by atomic mass is 10.1. The Morgan fingerprint density at radius 1 is 1.00 bits per heavy atom. The van der Waals surface area contributed by atoms with E-state index in [1.54, 1.807) is 30.3 Å². The molecule has 124 valence electrons. The van der Waals surface area contributed by atoms with Crippen LogP contribution >= 0.6 is 11.8 Å². The van der Waals surface area contributed by atoms with Crippen LogP contribution in [0.15, 0.2) is 30.3 Å². The average molecular weight is 339 g/mol. The molecule has 0 heterocycles. The van der Waals surface area contributed by atoms with Gasteiger partial charge in [-0.3, -0.25) is 14.4 Å². The van der Waals surface area contributed by atoms with Crippen LogP contribution in [0.25, 0.3) is 0 Å². The number of ether oxygens (including phenoxy) is 2. The molecule has 7 nitrogen and oxygen atoms in total. The molecule has 8 heteroatoms. The Hall–Kier alpha value is -2.35. The molecular weight excluding hydrogens is 322 g/mol. The van der Waals surface area contributed by atoms with E-state index in [0.29, 0.717) is 17.3 Å². The molecule has 0 bridgehead atoms. The molecular formula is C15H17NO6S. The zero-order chi connectivity index (χ0) is 17.4. The molecule has 1 aromatic carbocycles. The largest absolute Gasteiger partial charge is 0.468 e. The Morgan fingerprint density at radius 3 is 2.04 bits per heavy atom. The third-order valence-corrected chi connectivity index (χ3v) is 3.86. The molecule has 1 N–H and O–H groups in total. The van der Waals surface area contributed by atoms with E-state index in [1.807, 2.05) is 0 Å². The van der Waals surface area contributed by atoms with Gasteiger partial charge in [0.05, 0.1) is 14.2 Å². The van der Waals surface area contributed by atoms with Crippen LogP contribution in [0.4, 0.5) is 0 Å². The molecule has 1 rings (SSSR count). The van der Waals surface area contributed by atoms with Gasteiger partial charge in [0.25, 0.3) is 5.91 Å². The number of rotatable bonds is 6. The highest BCUT2D eigenvalue weighted by molar-refractivity contribution is 8.14. The van der Waals surface area contributed by atoms with Crippen molar-refractivity contribution >= 4 is 34.7 Å². The second-order valence-electron chi connectivity index (χ2n) is 4.39. The molecule has 0 aliphatic carbocycles. The van der Waals surface area contributed by atoms with E-state index in [4.69, 9.17) is 0 Å². The smallest absolute Gasteiger partial charge is 0.330 e. The van der Waals surface area contributed by atoms with Crippen LogP contribution in [0.1, 0.15) is 17.3 Å². The maximum absolute atomic E-state index is 12.2. The Morgan fingerprint density at radius 2 is 1.57 bits per heavy atom. The minimum absolute atomic E-state index is 0.304. The summed E-state index contributed by atoms with van der Waals surface area (Å²) in [6, 6.07) is 6.80. The summed E-state index contributed by atoms with van der Waals surface area (Å²) in [5, 5.41) is 0.779. The second-order valence-corrected chi connectivity index (χ2v) is 5.71. The molecule has 0 unspecified atom stereocenters. The molecule has 0 aliphatic heterocycles. The van der Waals surface area contributed by atoms with Crippen LogP contribution < -0.4 is 5.32 Å². The van der Waals surface area contributed by atoms with Crippen LogP contribution in [0.3, 0.4) is 0 Å². The van der Waals surface area contributed by atoms with Crippen LogP contribution in [0.5, 0.6) is 0 Å². The van der Waals surface area contributed by atoms with E-state index in [-0.39, 0.29) is 0 Å². The quantitative estimate of drug-likeness (QED) is 0.765. The summed E-state index contributed by atoms with van der Waals surface area (Å²) >= 11 is 0.592. The number of benzene rings is 1. The molecule has 0 saturated carbocycles. The Bertz CT molecular complexity index is 589. The van der Waals surface area contributed by atoms with Crippen molar-refractivity contribution < 1.29 is 28.7 Å². The molecule has 0 radical (unpaired) electrons. The summed E-state index contributed by atoms with van der Waals surface area (Å²) in [6.45, 7) is 1.24. The van der Waals surface area contributed by atoms with Crippen LogP contribution in [0, 0.1) is 0 Å². The van der Waals surface area contributed by atoms with Gasteiger partial charge in [0, 0.05) is 12.5 Å². The third kappa shape index (κ3) is 5.41. The number of esters is 2. The summed E-state index contributed by atoms with van der Waals surface area (Å²) in [7, 11) is 2.25. The summed E-state index contributed by atoms with van der Waals surface area (Å²) in [6.07, 6.45) is 0. The van der Waals surface area contributed by atoms with E-state index < -0.39 is 34.3 Å². The summed E-state index contributed by atoms with van der Waals surface area (Å²) < 4.78 is 9.23. The molecule has 1 amide bonds. The third-order valence-electron chi connectivity index (χ3n) is 2.81. The predicted molar refractivity (Wildman–Crippen MR) is 83.8 cm³/mol. The van der Waals surface area contributed by atoms with Crippen molar-refractivity contribution in [3.05, 3.63) is 35.9 Å². The number of carbonyl (C=O) groups excluding carboxylic acids is 4. The average Bonchev–Trinajstić information content (AvgIpc) is 2.56. The zero-order valence-corrected chi connectivity index (χ0v) is 13.7. The minimum Gasteiger partial charge on any atom is -0.468 e. The number of nitrogens with one attached hydrogen (secondary N) is 1. The Labute approximate surface area is 137 Å². The SMILES string of the molecule is COC(=O)[C@@H](NC(=O)c1ccccc1)[C@@H](SC(C)=O)C(=O)OC. The fraction of sp³-hybridized carbons (Fsp3) is 0.333. The van der Waals surface area contributed by atoms with E-state index >= 15 is 0 Å². The number of hydrogen-bond acceptors (Lipinski definition) is 7. The first-order valence-electron chi connectivity index (χ1n) is 6.59. The van der Waals surface area contributed by atoms with Gasteiger partial charge in [-0.15, -0.1) is 0 Å². The normalized spacial score (nSPS) is 12.7. The van der Waals surface area contributed by atoms with Gasteiger partial charge >= 0.3 is 11.9 Å². The van der Waals surface area contributed by atoms with Crippen molar-refractivity contribution in [3.8, 4) is 0 Å². The summed E-state index contributed by atoms with van der Waals surface area (Å²) in [4.78, 5) is 47.4. The fourth-order valence-electron chi connectivity index (χ4n) is 1.75. The van der Waals surface area contributed by atoms with Crippen molar-refractivity contribution in [1.29, 1.82) is 0 Å². The Kier molecular flexibility index (Phi) is 7.27. The summed E-state index contributed by atoms with van der Waals surface area (Å²) in [5.74, 6) is -2.23. The van der Waals surface area contributed by atoms with Gasteiger partial charge in [-0.05, 0) is 12.1 Å². The van der Waals surface area contributed by atoms with E-state index in [9.17, 15) is 19.2 Å². The van der Waals surface area contributed by atoms with Crippen molar-refractivity contribution in [2.45, 2.75) is 18.2 Å². The molecule has 1 aromatic rings. The second kappa shape index (κ2) is 8.94. The van der Waals surface area contributed by atoms with Crippen molar-refractivity contribution in [2.75, 3.05) is 14.2 Å². The first-order valence-corrected chi connectivity index (χ1v) is 7.47. The van der Waals surface area contributed by atoms with E-state index in [2.05, 4.69) is 14.8 Å². The van der Waals surface area contributed by atoms with E-state index in [0.717, 1.165) is 14.2 Å². The number of thioether (sulfide) groups is 1. The first kappa shape index (κ1) is 18.7. The van der Waals surface area contributed by atoms with Gasteiger partial charge in [0.2, 0.25) is 0 Å². The van der Waals surface area contributed by atoms with E-state index in [1.165, 1.54) is 6.92 Å². The summed E-state index contributed by atoms with van der Waals surface area (Å²) in [5.41, 5.74) is 0.304. The monoisotopic (exact) mass is 339 g/mol. The highest BCUT2D eigenvalue weighted by atomic mass is 32.2. The number of amides is 1. The van der Waals surface area contributed by atoms with Gasteiger partial charge in [0.15, 0.2) is 11.2 Å². The molecule has 0 saturated heterocycles. The van der Waals surface area contributed by atoms with Crippen LogP contribution in [-0.2, 0) is 23.9 Å². The maximum Gasteiger partial charge on any atom is 0.330 e. The van der Waals surface area contributed by atoms with Gasteiger partial charge in [-0.2, -0.15) is 0 Å². The first-order chi connectivity index (χ1) is 10.9. The van der Waals surface area contributed by atoms with Crippen LogP contribution in [-0.4, -0.2) is 48.5 Å². The lowest BCUT2D eigenvalue weighted by Gasteiger charge is -2.22. The molecule has 2 atom stereocenters. The lowest BCUT2D eigenvalue weighted by Crippen LogP contribution is -2.51. The maximum atomic E-state index is 12.2. The highest BCUT2D eigenvalue weighted by Crippen LogP contribution is 2.19. The number of hydrogen-bond donors (Lipinski definition) is 1. The topological polar surface area (TPSA) is 98.8 Å². The molecule has 0 aliphatic rings.